The average Bonchev–Trinajstić information content (AvgIpc) is 3.16. The maximum atomic E-state index is 9.50. The molecule has 0 atom stereocenters. The fourth-order valence-electron chi connectivity index (χ4n) is 4.14. The maximum absolute atomic E-state index is 9.50. The lowest BCUT2D eigenvalue weighted by atomic mass is 10.0. The molecule has 5 rings (SSSR count). The van der Waals surface area contributed by atoms with E-state index in [0.29, 0.717) is 5.56 Å². The number of ether oxygens (including phenoxy) is 2. The lowest BCUT2D eigenvalue weighted by molar-refractivity contribution is 0.415. The number of aromatic nitrogens is 1. The van der Waals surface area contributed by atoms with Crippen LogP contribution in [0.5, 0.6) is 11.5 Å². The molecule has 0 radical (unpaired) electrons. The molecule has 0 fully saturated rings. The molecule has 0 aliphatic carbocycles. The summed E-state index contributed by atoms with van der Waals surface area (Å²) in [4.78, 5) is 0. The van der Waals surface area contributed by atoms with Crippen molar-refractivity contribution in [2.45, 2.75) is 0 Å². The summed E-state index contributed by atoms with van der Waals surface area (Å²) in [6.45, 7) is 0. The first-order valence-corrected chi connectivity index (χ1v) is 9.99. The van der Waals surface area contributed by atoms with Crippen LogP contribution in [0.4, 0.5) is 0 Å². The summed E-state index contributed by atoms with van der Waals surface area (Å²) >= 11 is 0. The van der Waals surface area contributed by atoms with Gasteiger partial charge in [0.25, 0.3) is 0 Å². The van der Waals surface area contributed by atoms with Gasteiger partial charge in [-0.05, 0) is 60.2 Å². The molecule has 0 bridgehead atoms. The lowest BCUT2D eigenvalue weighted by Crippen LogP contribution is -1.98. The van der Waals surface area contributed by atoms with Crippen LogP contribution in [0.2, 0.25) is 0 Å². The van der Waals surface area contributed by atoms with E-state index in [-0.39, 0.29) is 0 Å². The highest BCUT2D eigenvalue weighted by atomic mass is 16.5. The third-order valence-electron chi connectivity index (χ3n) is 5.63. The van der Waals surface area contributed by atoms with Gasteiger partial charge in [-0.2, -0.15) is 5.26 Å². The Morgan fingerprint density at radius 2 is 1.32 bits per heavy atom. The largest absolute Gasteiger partial charge is 0.497 e. The van der Waals surface area contributed by atoms with Crippen molar-refractivity contribution in [2.75, 3.05) is 14.2 Å². The minimum Gasteiger partial charge on any atom is -0.497 e. The number of benzene rings is 4. The number of nitrogens with zero attached hydrogens (tertiary/aromatic N) is 2. The van der Waals surface area contributed by atoms with E-state index in [1.54, 1.807) is 14.2 Å². The van der Waals surface area contributed by atoms with Crippen molar-refractivity contribution in [3.05, 3.63) is 90.5 Å². The predicted octanol–water partition coefficient (Wildman–Crippen LogP) is 6.34. The van der Waals surface area contributed by atoms with E-state index in [1.165, 1.54) is 0 Å². The van der Waals surface area contributed by atoms with E-state index in [0.717, 1.165) is 50.1 Å². The molecule has 0 saturated carbocycles. The van der Waals surface area contributed by atoms with Crippen LogP contribution in [0.15, 0.2) is 84.9 Å². The summed E-state index contributed by atoms with van der Waals surface area (Å²) in [6, 6.07) is 30.5. The minimum atomic E-state index is 0.631. The quantitative estimate of drug-likeness (QED) is 0.351. The van der Waals surface area contributed by atoms with Gasteiger partial charge in [0, 0.05) is 16.3 Å². The first-order valence-electron chi connectivity index (χ1n) is 9.99. The molecular weight excluding hydrogens is 384 g/mol. The molecule has 4 nitrogen and oxygen atoms in total. The molecule has 31 heavy (non-hydrogen) atoms. The van der Waals surface area contributed by atoms with Crippen LogP contribution in [0.25, 0.3) is 38.6 Å². The number of hydrogen-bond donors (Lipinski definition) is 0. The molecule has 0 unspecified atom stereocenters. The molecule has 0 aliphatic rings. The first-order chi connectivity index (χ1) is 15.2. The highest BCUT2D eigenvalue weighted by Crippen LogP contribution is 2.39. The van der Waals surface area contributed by atoms with Crippen LogP contribution in [-0.2, 0) is 0 Å². The minimum absolute atomic E-state index is 0.631. The Morgan fingerprint density at radius 1 is 0.710 bits per heavy atom. The van der Waals surface area contributed by atoms with Gasteiger partial charge in [0.1, 0.15) is 11.5 Å². The van der Waals surface area contributed by atoms with E-state index in [4.69, 9.17) is 9.47 Å². The van der Waals surface area contributed by atoms with Crippen LogP contribution in [-0.4, -0.2) is 18.8 Å². The highest BCUT2D eigenvalue weighted by molar-refractivity contribution is 6.10. The summed E-state index contributed by atoms with van der Waals surface area (Å²) in [5.41, 5.74) is 5.83. The fourth-order valence-corrected chi connectivity index (χ4v) is 4.14. The van der Waals surface area contributed by atoms with Gasteiger partial charge in [0.2, 0.25) is 0 Å². The van der Waals surface area contributed by atoms with Gasteiger partial charge in [-0.1, -0.05) is 30.3 Å². The van der Waals surface area contributed by atoms with Crippen LogP contribution >= 0.6 is 0 Å². The molecule has 0 amide bonds. The van der Waals surface area contributed by atoms with Crippen molar-refractivity contribution in [1.82, 2.24) is 4.57 Å². The third kappa shape index (κ3) is 3.08. The van der Waals surface area contributed by atoms with Crippen LogP contribution in [0.1, 0.15) is 5.56 Å². The Hall–Kier alpha value is -4.23. The number of fused-ring (bicyclic) bond motifs is 3. The van der Waals surface area contributed by atoms with Gasteiger partial charge in [-0.3, -0.25) is 0 Å². The fraction of sp³-hybridized carbons (Fsp3) is 0.0741. The topological polar surface area (TPSA) is 47.2 Å². The predicted molar refractivity (Wildman–Crippen MR) is 124 cm³/mol. The molecule has 0 spiro atoms. The normalized spacial score (nSPS) is 10.9. The molecule has 0 aliphatic heterocycles. The van der Waals surface area contributed by atoms with Crippen LogP contribution < -0.4 is 9.47 Å². The number of nitriles is 1. The Bertz CT molecular complexity index is 1400. The van der Waals surface area contributed by atoms with Crippen molar-refractivity contribution >= 4 is 21.8 Å². The van der Waals surface area contributed by atoms with Crippen molar-refractivity contribution in [3.8, 4) is 34.4 Å². The van der Waals surface area contributed by atoms with Crippen LogP contribution in [0.3, 0.4) is 0 Å². The van der Waals surface area contributed by atoms with E-state index in [9.17, 15) is 5.26 Å². The molecule has 5 aromatic rings. The smallest absolute Gasteiger partial charge is 0.119 e. The van der Waals surface area contributed by atoms with Crippen molar-refractivity contribution in [3.63, 3.8) is 0 Å². The first kappa shape index (κ1) is 18.8. The monoisotopic (exact) mass is 404 g/mol. The van der Waals surface area contributed by atoms with E-state index in [2.05, 4.69) is 47.0 Å². The summed E-state index contributed by atoms with van der Waals surface area (Å²) < 4.78 is 13.2. The SMILES string of the molecule is COc1ccc2c(c1)c1cc(OC)ccc1n2-c1ccc(C#N)cc1-c1ccccc1. The summed E-state index contributed by atoms with van der Waals surface area (Å²) in [7, 11) is 3.35. The second-order valence-electron chi connectivity index (χ2n) is 7.31. The van der Waals surface area contributed by atoms with E-state index in [1.807, 2.05) is 48.5 Å². The zero-order valence-corrected chi connectivity index (χ0v) is 17.3. The number of hydrogen-bond acceptors (Lipinski definition) is 3. The summed E-state index contributed by atoms with van der Waals surface area (Å²) in [6.07, 6.45) is 0. The second-order valence-corrected chi connectivity index (χ2v) is 7.31. The average molecular weight is 404 g/mol. The summed E-state index contributed by atoms with van der Waals surface area (Å²) in [5, 5.41) is 11.7. The Balaban J connectivity index is 1.90. The molecule has 4 aromatic carbocycles. The van der Waals surface area contributed by atoms with E-state index < -0.39 is 0 Å². The van der Waals surface area contributed by atoms with Crippen LogP contribution in [0, 0.1) is 11.3 Å². The maximum Gasteiger partial charge on any atom is 0.119 e. The Labute approximate surface area is 180 Å². The van der Waals surface area contributed by atoms with Gasteiger partial charge >= 0.3 is 0 Å². The Kier molecular flexibility index (Phi) is 4.57. The van der Waals surface area contributed by atoms with E-state index >= 15 is 0 Å². The van der Waals surface area contributed by atoms with Crippen molar-refractivity contribution in [1.29, 1.82) is 5.26 Å². The molecule has 0 saturated heterocycles. The van der Waals surface area contributed by atoms with Gasteiger partial charge < -0.3 is 14.0 Å². The molecule has 0 N–H and O–H groups in total. The zero-order chi connectivity index (χ0) is 21.4. The van der Waals surface area contributed by atoms with Crippen molar-refractivity contribution < 1.29 is 9.47 Å². The zero-order valence-electron chi connectivity index (χ0n) is 17.3. The Morgan fingerprint density at radius 3 is 1.87 bits per heavy atom. The van der Waals surface area contributed by atoms with Crippen molar-refractivity contribution in [2.24, 2.45) is 0 Å². The molecular formula is C27H20N2O2. The lowest BCUT2D eigenvalue weighted by Gasteiger charge is -2.15. The number of methoxy groups -OCH3 is 2. The van der Waals surface area contributed by atoms with Gasteiger partial charge in [-0.15, -0.1) is 0 Å². The second kappa shape index (κ2) is 7.55. The number of rotatable bonds is 4. The van der Waals surface area contributed by atoms with Gasteiger partial charge in [0.05, 0.1) is 42.6 Å². The molecule has 1 aromatic heterocycles. The molecule has 1 heterocycles. The highest BCUT2D eigenvalue weighted by Gasteiger charge is 2.17. The molecule has 4 heteroatoms. The summed E-state index contributed by atoms with van der Waals surface area (Å²) in [5.74, 6) is 1.61. The third-order valence-corrected chi connectivity index (χ3v) is 5.63. The standard InChI is InChI=1S/C27H20N2O2/c1-30-20-9-12-26-23(15-20)24-16-21(31-2)10-13-27(24)29(26)25-11-8-18(17-28)14-22(25)19-6-4-3-5-7-19/h3-16H,1-2H3. The van der Waals surface area contributed by atoms with Gasteiger partial charge in [-0.25, -0.2) is 0 Å². The van der Waals surface area contributed by atoms with Gasteiger partial charge in [0.15, 0.2) is 0 Å². The molecule has 150 valence electrons.